The average molecular weight is 266 g/mol. The van der Waals surface area contributed by atoms with Crippen molar-refractivity contribution in [2.24, 2.45) is 0 Å². The van der Waals surface area contributed by atoms with Gasteiger partial charge in [-0.3, -0.25) is 0 Å². The van der Waals surface area contributed by atoms with E-state index in [1.165, 1.54) is 0 Å². The van der Waals surface area contributed by atoms with Crippen molar-refractivity contribution in [3.05, 3.63) is 29.3 Å². The first-order chi connectivity index (χ1) is 6.62. The largest absolute Gasteiger partial charge is 1.00 e. The van der Waals surface area contributed by atoms with E-state index in [1.807, 2.05) is 0 Å². The van der Waals surface area contributed by atoms with Crippen LogP contribution in [0.5, 0.6) is 0 Å². The minimum atomic E-state index is -5.25. The molecule has 0 amide bonds. The Morgan fingerprint density at radius 1 is 1.06 bits per heavy atom. The molecule has 16 heavy (non-hydrogen) atoms. The van der Waals surface area contributed by atoms with Gasteiger partial charge in [0.05, 0.1) is 5.56 Å². The van der Waals surface area contributed by atoms with E-state index in [9.17, 15) is 26.1 Å². The Kier molecular flexibility index (Phi) is 5.60. The zero-order valence-corrected chi connectivity index (χ0v) is 11.7. The fourth-order valence-electron chi connectivity index (χ4n) is 1.21. The van der Waals surface area contributed by atoms with Crippen molar-refractivity contribution in [2.45, 2.75) is 13.1 Å². The number of rotatable bonds is 1. The minimum Gasteiger partial charge on any atom is -0.445 e. The molecule has 0 atom stereocenters. The summed E-state index contributed by atoms with van der Waals surface area (Å²) in [4.78, 5) is 0. The molecule has 0 aliphatic carbocycles. The number of hydrogen-bond donors (Lipinski definition) is 0. The van der Waals surface area contributed by atoms with Gasteiger partial charge in [0, 0.05) is 0 Å². The van der Waals surface area contributed by atoms with Gasteiger partial charge in [0.2, 0.25) is 0 Å². The van der Waals surface area contributed by atoms with Crippen LogP contribution in [0.2, 0.25) is 0 Å². The molecule has 0 bridgehead atoms. The van der Waals surface area contributed by atoms with E-state index in [-0.39, 0.29) is 51.4 Å². The van der Waals surface area contributed by atoms with Gasteiger partial charge in [-0.1, -0.05) is 18.2 Å². The molecule has 0 aliphatic rings. The number of hydrogen-bond acceptors (Lipinski definition) is 0. The molecule has 0 spiro atoms. The molecule has 0 radical (unpaired) electrons. The molecule has 0 aliphatic heterocycles. The van der Waals surface area contributed by atoms with Crippen molar-refractivity contribution >= 4 is 12.4 Å². The first kappa shape index (κ1) is 16.5. The van der Waals surface area contributed by atoms with Gasteiger partial charge in [0.25, 0.3) is 0 Å². The zero-order chi connectivity index (χ0) is 11.9. The van der Waals surface area contributed by atoms with Crippen molar-refractivity contribution in [3.8, 4) is 0 Å². The van der Waals surface area contributed by atoms with Crippen molar-refractivity contribution in [1.29, 1.82) is 0 Å². The van der Waals surface area contributed by atoms with E-state index in [0.29, 0.717) is 18.2 Å². The second-order valence-electron chi connectivity index (χ2n) is 3.15. The topological polar surface area (TPSA) is 0 Å². The molecule has 0 aromatic heterocycles. The van der Waals surface area contributed by atoms with Crippen molar-refractivity contribution in [1.82, 2.24) is 0 Å². The van der Waals surface area contributed by atoms with Crippen LogP contribution in [0, 0.1) is 6.92 Å². The van der Waals surface area contributed by atoms with Crippen LogP contribution in [0.15, 0.2) is 18.2 Å². The summed E-state index contributed by atoms with van der Waals surface area (Å²) in [5.74, 6) is 0. The maximum Gasteiger partial charge on any atom is 1.00 e. The monoisotopic (exact) mass is 266 g/mol. The molecule has 0 saturated carbocycles. The molecule has 0 unspecified atom stereocenters. The molecule has 0 saturated heterocycles. The molecule has 1 rings (SSSR count). The third-order valence-electron chi connectivity index (χ3n) is 1.93. The first-order valence-electron chi connectivity index (χ1n) is 4.00. The molecule has 84 valence electrons. The van der Waals surface area contributed by atoms with E-state index in [2.05, 4.69) is 0 Å². The second-order valence-corrected chi connectivity index (χ2v) is 3.15. The second kappa shape index (κ2) is 5.43. The van der Waals surface area contributed by atoms with Crippen molar-refractivity contribution < 1.29 is 77.5 Å². The Hall–Kier alpha value is 0.501. The third kappa shape index (κ3) is 4.06. The Morgan fingerprint density at radius 2 is 1.56 bits per heavy atom. The summed E-state index contributed by atoms with van der Waals surface area (Å²) in [6.07, 6.45) is -4.61. The quantitative estimate of drug-likeness (QED) is 0.498. The van der Waals surface area contributed by atoms with Crippen LogP contribution < -0.4 is 56.8 Å². The van der Waals surface area contributed by atoms with Gasteiger partial charge in [-0.2, -0.15) is 13.2 Å². The Balaban J connectivity index is 0.00000225. The molecular weight excluding hydrogens is 260 g/mol. The summed E-state index contributed by atoms with van der Waals surface area (Å²) in [5, 5.41) is 0. The zero-order valence-electron chi connectivity index (χ0n) is 8.58. The maximum absolute atomic E-state index is 12.2. The number of alkyl halides is 3. The molecule has 1 aromatic rings. The summed E-state index contributed by atoms with van der Waals surface area (Å²) < 4.78 is 73.1. The van der Waals surface area contributed by atoms with Gasteiger partial charge in [-0.15, -0.1) is 5.46 Å². The van der Waals surface area contributed by atoms with Crippen LogP contribution in [0.1, 0.15) is 11.1 Å². The van der Waals surface area contributed by atoms with Gasteiger partial charge in [-0.05, 0) is 12.5 Å². The normalized spacial score (nSPS) is 12.2. The van der Waals surface area contributed by atoms with Crippen LogP contribution in [-0.2, 0) is 6.18 Å². The van der Waals surface area contributed by atoms with Crippen molar-refractivity contribution in [3.63, 3.8) is 0 Å². The smallest absolute Gasteiger partial charge is 0.445 e. The summed E-state index contributed by atoms with van der Waals surface area (Å²) in [6.45, 7) is -4.24. The van der Waals surface area contributed by atoms with E-state index in [0.717, 1.165) is 6.92 Å². The molecule has 0 fully saturated rings. The number of halogens is 6. The van der Waals surface area contributed by atoms with Crippen LogP contribution in [0.4, 0.5) is 26.1 Å². The fourth-order valence-corrected chi connectivity index (χ4v) is 1.21. The first-order valence-corrected chi connectivity index (χ1v) is 4.00. The van der Waals surface area contributed by atoms with Gasteiger partial charge in [0.15, 0.2) is 0 Å². The minimum absolute atomic E-state index is 0. The Labute approximate surface area is 131 Å². The van der Waals surface area contributed by atoms with E-state index in [4.69, 9.17) is 0 Å². The fraction of sp³-hybridized carbons (Fsp3) is 0.250. The third-order valence-corrected chi connectivity index (χ3v) is 1.93. The van der Waals surface area contributed by atoms with Crippen LogP contribution >= 0.6 is 0 Å². The maximum atomic E-state index is 12.2. The number of aryl methyl sites for hydroxylation is 1. The molecular formula is C8H6BF6K. The van der Waals surface area contributed by atoms with Crippen LogP contribution in [-0.4, -0.2) is 6.98 Å². The predicted octanol–water partition coefficient (Wildman–Crippen LogP) is 0.0722. The number of benzene rings is 1. The Morgan fingerprint density at radius 3 is 1.88 bits per heavy atom. The van der Waals surface area contributed by atoms with Gasteiger partial charge in [0.1, 0.15) is 0 Å². The summed E-state index contributed by atoms with van der Waals surface area (Å²) >= 11 is 0. The summed E-state index contributed by atoms with van der Waals surface area (Å²) in [6, 6.07) is 1.43. The van der Waals surface area contributed by atoms with Crippen LogP contribution in [0.3, 0.4) is 0 Å². The Bertz CT molecular complexity index is 370. The standard InChI is InChI=1S/C8H6BF6.K/c1-5-4-6(9(13,14)15)2-3-7(5)8(10,11)12;/h2-4H,1H3;/q-1;+1. The predicted molar refractivity (Wildman–Crippen MR) is 44.9 cm³/mol. The molecule has 0 nitrogen and oxygen atoms in total. The SMILES string of the molecule is Cc1cc([B-](F)(F)F)ccc1C(F)(F)F.[K+]. The van der Waals surface area contributed by atoms with Crippen molar-refractivity contribution in [2.75, 3.05) is 0 Å². The summed E-state index contributed by atoms with van der Waals surface area (Å²) in [7, 11) is 0. The molecule has 8 heteroatoms. The van der Waals surface area contributed by atoms with Crippen LogP contribution in [0.25, 0.3) is 0 Å². The van der Waals surface area contributed by atoms with Gasteiger partial charge >= 0.3 is 64.5 Å². The molecule has 0 N–H and O–H groups in total. The average Bonchev–Trinajstić information content (AvgIpc) is 1.99. The van der Waals surface area contributed by atoms with E-state index in [1.54, 1.807) is 0 Å². The molecule has 0 heterocycles. The molecule has 1 aromatic carbocycles. The van der Waals surface area contributed by atoms with Gasteiger partial charge < -0.3 is 12.9 Å². The summed E-state index contributed by atoms with van der Waals surface area (Å²) in [5.41, 5.74) is -2.47. The van der Waals surface area contributed by atoms with Gasteiger partial charge in [-0.25, -0.2) is 0 Å². The van der Waals surface area contributed by atoms with E-state index >= 15 is 0 Å². The van der Waals surface area contributed by atoms with E-state index < -0.39 is 29.7 Å².